The topological polar surface area (TPSA) is 77.2 Å². The van der Waals surface area contributed by atoms with Crippen LogP contribution in [-0.2, 0) is 12.8 Å². The Bertz CT molecular complexity index is 932. The molecule has 1 aromatic heterocycles. The molecule has 6 nitrogen and oxygen atoms in total. The molecule has 0 spiro atoms. The second-order valence-electron chi connectivity index (χ2n) is 6.49. The van der Waals surface area contributed by atoms with E-state index in [4.69, 9.17) is 9.26 Å². The number of aromatic nitrogens is 2. The maximum absolute atomic E-state index is 12.3. The van der Waals surface area contributed by atoms with Crippen LogP contribution >= 0.6 is 0 Å². The highest BCUT2D eigenvalue weighted by molar-refractivity contribution is 5.94. The smallest absolute Gasteiger partial charge is 0.257 e. The Morgan fingerprint density at radius 3 is 2.57 bits per heavy atom. The zero-order valence-corrected chi connectivity index (χ0v) is 16.5. The van der Waals surface area contributed by atoms with E-state index in [0.717, 1.165) is 35.3 Å². The highest BCUT2D eigenvalue weighted by Crippen LogP contribution is 2.20. The molecule has 28 heavy (non-hydrogen) atoms. The molecule has 0 fully saturated rings. The molecule has 1 N–H and O–H groups in total. The third-order valence-corrected chi connectivity index (χ3v) is 4.42. The molecule has 3 aromatic rings. The highest BCUT2D eigenvalue weighted by Gasteiger charge is 2.09. The van der Waals surface area contributed by atoms with E-state index in [-0.39, 0.29) is 5.91 Å². The first-order valence-corrected chi connectivity index (χ1v) is 9.54. The lowest BCUT2D eigenvalue weighted by Crippen LogP contribution is -2.25. The number of hydrogen-bond donors (Lipinski definition) is 1. The van der Waals surface area contributed by atoms with Crippen LogP contribution in [0.15, 0.2) is 47.0 Å². The number of benzene rings is 2. The second-order valence-corrected chi connectivity index (χ2v) is 6.49. The van der Waals surface area contributed by atoms with Gasteiger partial charge in [0.1, 0.15) is 5.75 Å². The molecule has 0 saturated heterocycles. The monoisotopic (exact) mass is 379 g/mol. The summed E-state index contributed by atoms with van der Waals surface area (Å²) in [6.45, 7) is 7.04. The van der Waals surface area contributed by atoms with E-state index >= 15 is 0 Å². The molecule has 0 unspecified atom stereocenters. The summed E-state index contributed by atoms with van der Waals surface area (Å²) < 4.78 is 10.8. The Kier molecular flexibility index (Phi) is 6.42. The van der Waals surface area contributed by atoms with E-state index in [1.807, 2.05) is 57.2 Å². The van der Waals surface area contributed by atoms with Gasteiger partial charge in [0.15, 0.2) is 5.82 Å². The number of ether oxygens (including phenoxy) is 1. The lowest BCUT2D eigenvalue weighted by Gasteiger charge is -2.10. The van der Waals surface area contributed by atoms with Crippen LogP contribution in [0.25, 0.3) is 11.5 Å². The number of nitrogens with one attached hydrogen (secondary N) is 1. The van der Waals surface area contributed by atoms with Gasteiger partial charge in [0.25, 0.3) is 11.8 Å². The van der Waals surface area contributed by atoms with E-state index in [0.29, 0.717) is 30.4 Å². The number of hydrogen-bond acceptors (Lipinski definition) is 5. The summed E-state index contributed by atoms with van der Waals surface area (Å²) in [7, 11) is 0. The van der Waals surface area contributed by atoms with Crippen molar-refractivity contribution in [1.82, 2.24) is 15.5 Å². The molecule has 3 rings (SSSR count). The van der Waals surface area contributed by atoms with Crippen LogP contribution in [0, 0.1) is 6.92 Å². The number of carbonyl (C=O) groups excluding carboxylic acids is 1. The maximum atomic E-state index is 12.3. The molecule has 0 aliphatic heterocycles. The summed E-state index contributed by atoms with van der Waals surface area (Å²) >= 11 is 0. The Labute approximate surface area is 164 Å². The van der Waals surface area contributed by atoms with Crippen molar-refractivity contribution in [2.45, 2.75) is 33.6 Å². The van der Waals surface area contributed by atoms with Gasteiger partial charge < -0.3 is 14.6 Å². The molecule has 1 amide bonds. The summed E-state index contributed by atoms with van der Waals surface area (Å²) in [6, 6.07) is 13.4. The number of aryl methyl sites for hydroxylation is 2. The zero-order chi connectivity index (χ0) is 19.9. The van der Waals surface area contributed by atoms with Gasteiger partial charge in [-0.25, -0.2) is 0 Å². The van der Waals surface area contributed by atoms with Crippen LogP contribution in [0.5, 0.6) is 5.75 Å². The average Bonchev–Trinajstić information content (AvgIpc) is 3.19. The van der Waals surface area contributed by atoms with Gasteiger partial charge >= 0.3 is 0 Å². The molecule has 2 aromatic carbocycles. The second kappa shape index (κ2) is 9.17. The third-order valence-electron chi connectivity index (χ3n) is 4.42. The van der Waals surface area contributed by atoms with Crippen LogP contribution in [0.2, 0.25) is 0 Å². The van der Waals surface area contributed by atoms with E-state index in [9.17, 15) is 4.79 Å². The molecule has 0 saturated carbocycles. The lowest BCUT2D eigenvalue weighted by molar-refractivity contribution is 0.0954. The molecule has 0 aliphatic rings. The van der Waals surface area contributed by atoms with Crippen LogP contribution in [0.1, 0.15) is 41.2 Å². The third kappa shape index (κ3) is 4.76. The summed E-state index contributed by atoms with van der Waals surface area (Å²) in [4.78, 5) is 16.7. The summed E-state index contributed by atoms with van der Waals surface area (Å²) in [5, 5.41) is 6.87. The van der Waals surface area contributed by atoms with E-state index in [1.54, 1.807) is 6.07 Å². The minimum atomic E-state index is -0.0827. The number of rotatable bonds is 8. The molecular formula is C22H25N3O3. The predicted molar refractivity (Wildman–Crippen MR) is 107 cm³/mol. The van der Waals surface area contributed by atoms with Gasteiger partial charge in [0, 0.05) is 24.1 Å². The normalized spacial score (nSPS) is 10.7. The molecule has 0 atom stereocenters. The van der Waals surface area contributed by atoms with Gasteiger partial charge in [-0.2, -0.15) is 4.98 Å². The van der Waals surface area contributed by atoms with Crippen LogP contribution in [0.4, 0.5) is 0 Å². The first-order chi connectivity index (χ1) is 13.6. The van der Waals surface area contributed by atoms with Gasteiger partial charge in [-0.05, 0) is 61.7 Å². The summed E-state index contributed by atoms with van der Waals surface area (Å²) in [5.41, 5.74) is 3.61. The van der Waals surface area contributed by atoms with Crippen molar-refractivity contribution in [3.8, 4) is 17.2 Å². The largest absolute Gasteiger partial charge is 0.494 e. The van der Waals surface area contributed by atoms with Crippen molar-refractivity contribution >= 4 is 5.91 Å². The van der Waals surface area contributed by atoms with Crippen molar-refractivity contribution in [3.05, 3.63) is 65.0 Å². The lowest BCUT2D eigenvalue weighted by atomic mass is 10.1. The standard InChI is InChI=1S/C22H25N3O3/c1-4-20-24-22(28-25-20)17-8-6-16(7-9-17)12-13-23-21(26)18-10-11-19(27-5-2)15(3)14-18/h6-11,14H,4-5,12-13H2,1-3H3,(H,23,26). The molecule has 0 bridgehead atoms. The van der Waals surface area contributed by atoms with Gasteiger partial charge in [-0.15, -0.1) is 0 Å². The summed E-state index contributed by atoms with van der Waals surface area (Å²) in [6.07, 6.45) is 1.49. The minimum absolute atomic E-state index is 0.0827. The van der Waals surface area contributed by atoms with Crippen molar-refractivity contribution in [1.29, 1.82) is 0 Å². The molecule has 0 aliphatic carbocycles. The van der Waals surface area contributed by atoms with E-state index in [1.165, 1.54) is 0 Å². The van der Waals surface area contributed by atoms with E-state index in [2.05, 4.69) is 15.5 Å². The maximum Gasteiger partial charge on any atom is 0.257 e. The van der Waals surface area contributed by atoms with Crippen LogP contribution in [-0.4, -0.2) is 29.2 Å². The van der Waals surface area contributed by atoms with Gasteiger partial charge in [-0.3, -0.25) is 4.79 Å². The fraction of sp³-hybridized carbons (Fsp3) is 0.318. The fourth-order valence-corrected chi connectivity index (χ4v) is 2.86. The Balaban J connectivity index is 1.53. The number of nitrogens with zero attached hydrogens (tertiary/aromatic N) is 2. The van der Waals surface area contributed by atoms with Crippen molar-refractivity contribution in [2.75, 3.05) is 13.2 Å². The van der Waals surface area contributed by atoms with Crippen LogP contribution in [0.3, 0.4) is 0 Å². The Hall–Kier alpha value is -3.15. The van der Waals surface area contributed by atoms with E-state index < -0.39 is 0 Å². The Morgan fingerprint density at radius 2 is 1.93 bits per heavy atom. The van der Waals surface area contributed by atoms with Crippen molar-refractivity contribution in [3.63, 3.8) is 0 Å². The average molecular weight is 379 g/mol. The first-order valence-electron chi connectivity index (χ1n) is 9.54. The SMILES string of the molecule is CCOc1ccc(C(=O)NCCc2ccc(-c3nc(CC)no3)cc2)cc1C. The number of amides is 1. The zero-order valence-electron chi connectivity index (χ0n) is 16.5. The predicted octanol–water partition coefficient (Wildman–Crippen LogP) is 3.98. The molecule has 6 heteroatoms. The highest BCUT2D eigenvalue weighted by atomic mass is 16.5. The summed E-state index contributed by atoms with van der Waals surface area (Å²) in [5.74, 6) is 1.96. The van der Waals surface area contributed by atoms with Crippen LogP contribution < -0.4 is 10.1 Å². The van der Waals surface area contributed by atoms with Gasteiger partial charge in [-0.1, -0.05) is 24.2 Å². The number of carbonyl (C=O) groups is 1. The molecule has 146 valence electrons. The Morgan fingerprint density at radius 1 is 1.14 bits per heavy atom. The fourth-order valence-electron chi connectivity index (χ4n) is 2.86. The quantitative estimate of drug-likeness (QED) is 0.641. The first kappa shape index (κ1) is 19.6. The molecular weight excluding hydrogens is 354 g/mol. The molecule has 0 radical (unpaired) electrons. The van der Waals surface area contributed by atoms with Crippen molar-refractivity contribution in [2.24, 2.45) is 0 Å². The van der Waals surface area contributed by atoms with Crippen molar-refractivity contribution < 1.29 is 14.1 Å². The minimum Gasteiger partial charge on any atom is -0.494 e. The molecule has 1 heterocycles. The van der Waals surface area contributed by atoms with Gasteiger partial charge in [0.05, 0.1) is 6.61 Å². The van der Waals surface area contributed by atoms with Gasteiger partial charge in [0.2, 0.25) is 0 Å².